The predicted molar refractivity (Wildman–Crippen MR) is 90.9 cm³/mol. The lowest BCUT2D eigenvalue weighted by atomic mass is 10.1. The van der Waals surface area contributed by atoms with Gasteiger partial charge in [0.05, 0.1) is 25.9 Å². The van der Waals surface area contributed by atoms with Gasteiger partial charge >= 0.3 is 0 Å². The van der Waals surface area contributed by atoms with Gasteiger partial charge in [0.2, 0.25) is 0 Å². The quantitative estimate of drug-likeness (QED) is 0.791. The van der Waals surface area contributed by atoms with Crippen molar-refractivity contribution in [2.45, 2.75) is 38.6 Å². The van der Waals surface area contributed by atoms with Crippen LogP contribution in [0.2, 0.25) is 0 Å². The molecule has 4 heteroatoms. The molecule has 3 atom stereocenters. The van der Waals surface area contributed by atoms with Crippen LogP contribution in [0.5, 0.6) is 0 Å². The van der Waals surface area contributed by atoms with E-state index in [1.165, 1.54) is 0 Å². The van der Waals surface area contributed by atoms with Crippen LogP contribution in [0.3, 0.4) is 0 Å². The molecule has 0 saturated carbocycles. The Morgan fingerprint density at radius 2 is 1.58 bits per heavy atom. The first-order valence-electron chi connectivity index (χ1n) is 8.35. The minimum absolute atomic E-state index is 0.105. The number of rotatable bonds is 7. The summed E-state index contributed by atoms with van der Waals surface area (Å²) < 4.78 is 17.1. The molecule has 24 heavy (non-hydrogen) atoms. The Hall–Kier alpha value is -1.72. The van der Waals surface area contributed by atoms with Crippen LogP contribution >= 0.6 is 0 Å². The van der Waals surface area contributed by atoms with Gasteiger partial charge in [-0.05, 0) is 17.5 Å². The largest absolute Gasteiger partial charge is 0.374 e. The summed E-state index contributed by atoms with van der Waals surface area (Å²) in [5, 5.41) is 10.6. The second kappa shape index (κ2) is 7.90. The maximum absolute atomic E-state index is 10.6. The van der Waals surface area contributed by atoms with Crippen molar-refractivity contribution in [2.75, 3.05) is 6.61 Å². The number of aliphatic hydroxyl groups is 1. The van der Waals surface area contributed by atoms with Crippen LogP contribution in [0, 0.1) is 5.92 Å². The number of ether oxygens (including phenoxy) is 3. The molecule has 1 aliphatic heterocycles. The summed E-state index contributed by atoms with van der Waals surface area (Å²) in [6, 6.07) is 19.8. The summed E-state index contributed by atoms with van der Waals surface area (Å²) in [5.74, 6) is -1.65. The van der Waals surface area contributed by atoms with Crippen molar-refractivity contribution in [3.05, 3.63) is 71.8 Å². The third-order valence-electron chi connectivity index (χ3n) is 4.28. The Kier molecular flexibility index (Phi) is 5.63. The molecule has 0 aliphatic carbocycles. The molecule has 1 aliphatic rings. The first-order valence-corrected chi connectivity index (χ1v) is 8.35. The molecule has 0 amide bonds. The van der Waals surface area contributed by atoms with Crippen molar-refractivity contribution in [3.63, 3.8) is 0 Å². The van der Waals surface area contributed by atoms with Crippen LogP contribution < -0.4 is 0 Å². The molecule has 4 nitrogen and oxygen atoms in total. The minimum atomic E-state index is -1.55. The van der Waals surface area contributed by atoms with Gasteiger partial charge in [-0.1, -0.05) is 67.6 Å². The lowest BCUT2D eigenvalue weighted by molar-refractivity contribution is -0.372. The third kappa shape index (κ3) is 4.42. The van der Waals surface area contributed by atoms with Gasteiger partial charge in [0.15, 0.2) is 0 Å². The molecule has 2 aromatic rings. The Morgan fingerprint density at radius 3 is 2.21 bits per heavy atom. The molecule has 3 rings (SSSR count). The zero-order chi connectivity index (χ0) is 16.8. The van der Waals surface area contributed by atoms with E-state index in [0.717, 1.165) is 11.1 Å². The van der Waals surface area contributed by atoms with Crippen molar-refractivity contribution in [2.24, 2.45) is 5.92 Å². The zero-order valence-corrected chi connectivity index (χ0v) is 13.9. The molecule has 1 heterocycles. The minimum Gasteiger partial charge on any atom is -0.374 e. The summed E-state index contributed by atoms with van der Waals surface area (Å²) in [6.45, 7) is 3.23. The maximum Gasteiger partial charge on any atom is 0.283 e. The molecule has 1 saturated heterocycles. The maximum atomic E-state index is 10.6. The fourth-order valence-electron chi connectivity index (χ4n) is 2.87. The first kappa shape index (κ1) is 17.1. The van der Waals surface area contributed by atoms with E-state index in [-0.39, 0.29) is 12.0 Å². The van der Waals surface area contributed by atoms with Crippen LogP contribution in [-0.4, -0.2) is 23.8 Å². The van der Waals surface area contributed by atoms with E-state index in [4.69, 9.17) is 14.2 Å². The molecule has 0 aromatic heterocycles. The standard InChI is InChI=1S/C20H24O4/c1-16-12-19(15-22-13-17-8-4-2-5-9-17)24-20(16,21)23-14-18-10-6-3-7-11-18/h2-11,16,19,21H,12-15H2,1H3. The summed E-state index contributed by atoms with van der Waals surface area (Å²) in [5.41, 5.74) is 2.13. The van der Waals surface area contributed by atoms with Gasteiger partial charge in [-0.3, -0.25) is 0 Å². The van der Waals surface area contributed by atoms with Crippen molar-refractivity contribution in [1.82, 2.24) is 0 Å². The Labute approximate surface area is 143 Å². The highest BCUT2D eigenvalue weighted by atomic mass is 16.8. The highest BCUT2D eigenvalue weighted by Gasteiger charge is 2.46. The summed E-state index contributed by atoms with van der Waals surface area (Å²) in [7, 11) is 0. The average Bonchev–Trinajstić information content (AvgIpc) is 2.90. The van der Waals surface area contributed by atoms with Crippen molar-refractivity contribution in [1.29, 1.82) is 0 Å². The highest BCUT2D eigenvalue weighted by Crippen LogP contribution is 2.35. The van der Waals surface area contributed by atoms with Gasteiger partial charge in [-0.2, -0.15) is 0 Å². The van der Waals surface area contributed by atoms with Crippen LogP contribution in [0.1, 0.15) is 24.5 Å². The Morgan fingerprint density at radius 1 is 1.00 bits per heavy atom. The molecule has 2 aromatic carbocycles. The molecule has 1 N–H and O–H groups in total. The molecule has 128 valence electrons. The fourth-order valence-corrected chi connectivity index (χ4v) is 2.87. The van der Waals surface area contributed by atoms with Crippen molar-refractivity contribution < 1.29 is 19.3 Å². The van der Waals surface area contributed by atoms with Crippen LogP contribution in [-0.2, 0) is 27.4 Å². The van der Waals surface area contributed by atoms with Crippen molar-refractivity contribution in [3.8, 4) is 0 Å². The second-order valence-corrected chi connectivity index (χ2v) is 6.28. The number of hydrogen-bond acceptors (Lipinski definition) is 4. The van der Waals surface area contributed by atoms with E-state index >= 15 is 0 Å². The zero-order valence-electron chi connectivity index (χ0n) is 13.9. The SMILES string of the molecule is CC1CC(COCc2ccccc2)OC1(O)OCc1ccccc1. The lowest BCUT2D eigenvalue weighted by Crippen LogP contribution is -2.37. The number of hydrogen-bond donors (Lipinski definition) is 1. The van der Waals surface area contributed by atoms with E-state index < -0.39 is 5.97 Å². The lowest BCUT2D eigenvalue weighted by Gasteiger charge is -2.26. The molecular weight excluding hydrogens is 304 g/mol. The summed E-state index contributed by atoms with van der Waals surface area (Å²) in [6.07, 6.45) is 0.546. The average molecular weight is 328 g/mol. The molecule has 1 fully saturated rings. The Bertz CT molecular complexity index is 616. The van der Waals surface area contributed by atoms with Gasteiger partial charge in [-0.15, -0.1) is 0 Å². The predicted octanol–water partition coefficient (Wildman–Crippen LogP) is 3.49. The van der Waals surface area contributed by atoms with Gasteiger partial charge in [-0.25, -0.2) is 0 Å². The van der Waals surface area contributed by atoms with Crippen molar-refractivity contribution >= 4 is 0 Å². The molecule has 0 radical (unpaired) electrons. The molecule has 0 spiro atoms. The van der Waals surface area contributed by atoms with E-state index in [9.17, 15) is 5.11 Å². The monoisotopic (exact) mass is 328 g/mol. The van der Waals surface area contributed by atoms with Crippen LogP contribution in [0.4, 0.5) is 0 Å². The van der Waals surface area contributed by atoms with Gasteiger partial charge in [0, 0.05) is 5.92 Å². The van der Waals surface area contributed by atoms with Crippen LogP contribution in [0.25, 0.3) is 0 Å². The molecular formula is C20H24O4. The van der Waals surface area contributed by atoms with E-state index in [1.54, 1.807) is 0 Å². The smallest absolute Gasteiger partial charge is 0.283 e. The van der Waals surface area contributed by atoms with Gasteiger partial charge in [0.25, 0.3) is 5.97 Å². The summed E-state index contributed by atoms with van der Waals surface area (Å²) >= 11 is 0. The number of benzene rings is 2. The van der Waals surface area contributed by atoms with Crippen LogP contribution in [0.15, 0.2) is 60.7 Å². The topological polar surface area (TPSA) is 47.9 Å². The molecule has 0 bridgehead atoms. The van der Waals surface area contributed by atoms with E-state index in [0.29, 0.717) is 26.2 Å². The first-order chi connectivity index (χ1) is 11.7. The van der Waals surface area contributed by atoms with Gasteiger partial charge < -0.3 is 19.3 Å². The fraction of sp³-hybridized carbons (Fsp3) is 0.400. The van der Waals surface area contributed by atoms with E-state index in [2.05, 4.69) is 0 Å². The summed E-state index contributed by atoms with van der Waals surface area (Å²) in [4.78, 5) is 0. The normalized spacial score (nSPS) is 26.6. The van der Waals surface area contributed by atoms with E-state index in [1.807, 2.05) is 67.6 Å². The molecule has 3 unspecified atom stereocenters. The second-order valence-electron chi connectivity index (χ2n) is 6.28. The third-order valence-corrected chi connectivity index (χ3v) is 4.28. The highest BCUT2D eigenvalue weighted by molar-refractivity contribution is 5.14. The Balaban J connectivity index is 1.46. The van der Waals surface area contributed by atoms with Gasteiger partial charge in [0.1, 0.15) is 0 Å².